The first-order valence-electron chi connectivity index (χ1n) is 9.27. The van der Waals surface area contributed by atoms with Crippen molar-refractivity contribution in [3.05, 3.63) is 64.7 Å². The van der Waals surface area contributed by atoms with E-state index < -0.39 is 33.3 Å². The molecule has 0 saturated carbocycles. The molecule has 1 aliphatic rings. The lowest BCUT2D eigenvalue weighted by molar-refractivity contribution is 0.0693. The normalized spacial score (nSPS) is 14.1. The lowest BCUT2D eigenvalue weighted by atomic mass is 10.1. The Hall–Kier alpha value is -3.04. The van der Waals surface area contributed by atoms with Crippen molar-refractivity contribution in [2.24, 2.45) is 0 Å². The maximum Gasteiger partial charge on any atom is 0.261 e. The van der Waals surface area contributed by atoms with E-state index in [1.807, 2.05) is 0 Å². The van der Waals surface area contributed by atoms with E-state index in [0.717, 1.165) is 4.90 Å². The van der Waals surface area contributed by atoms with Gasteiger partial charge in [0.05, 0.1) is 16.0 Å². The average molecular weight is 429 g/mol. The fourth-order valence-electron chi connectivity index (χ4n) is 3.15. The monoisotopic (exact) mass is 429 g/mol. The highest BCUT2D eigenvalue weighted by Gasteiger charge is 2.33. The molecule has 158 valence electrons. The summed E-state index contributed by atoms with van der Waals surface area (Å²) in [5.74, 6) is -1.36. The number of rotatable bonds is 5. The molecule has 30 heavy (non-hydrogen) atoms. The predicted octanol–water partition coefficient (Wildman–Crippen LogP) is 1.92. The predicted molar refractivity (Wildman–Crippen MR) is 111 cm³/mol. The molecule has 9 heteroatoms. The van der Waals surface area contributed by atoms with Gasteiger partial charge in [0.25, 0.3) is 17.7 Å². The van der Waals surface area contributed by atoms with Gasteiger partial charge in [0, 0.05) is 24.7 Å². The topological polar surface area (TPSA) is 113 Å². The van der Waals surface area contributed by atoms with Crippen LogP contribution in [0.25, 0.3) is 0 Å². The van der Waals surface area contributed by atoms with Gasteiger partial charge in [-0.25, -0.2) is 13.1 Å². The molecule has 0 saturated heterocycles. The van der Waals surface area contributed by atoms with E-state index in [9.17, 15) is 22.8 Å². The number of amides is 3. The van der Waals surface area contributed by atoms with Crippen molar-refractivity contribution >= 4 is 27.7 Å². The minimum absolute atomic E-state index is 0.0239. The molecule has 2 aromatic rings. The van der Waals surface area contributed by atoms with E-state index in [1.165, 1.54) is 31.3 Å². The van der Waals surface area contributed by atoms with Crippen molar-refractivity contribution < 1.29 is 22.8 Å². The van der Waals surface area contributed by atoms with Crippen molar-refractivity contribution in [1.82, 2.24) is 14.9 Å². The van der Waals surface area contributed by atoms with E-state index in [-0.39, 0.29) is 28.1 Å². The Morgan fingerprint density at radius 2 is 1.63 bits per heavy atom. The fourth-order valence-corrected chi connectivity index (χ4v) is 4.81. The molecule has 0 radical (unpaired) electrons. The molecule has 3 rings (SSSR count). The molecule has 0 fully saturated rings. The average Bonchev–Trinajstić information content (AvgIpc) is 2.88. The zero-order valence-electron chi connectivity index (χ0n) is 17.1. The van der Waals surface area contributed by atoms with Crippen LogP contribution in [-0.4, -0.2) is 43.6 Å². The van der Waals surface area contributed by atoms with Crippen LogP contribution in [-0.2, 0) is 16.6 Å². The Bertz CT molecular complexity index is 1150. The summed E-state index contributed by atoms with van der Waals surface area (Å²) in [6.07, 6.45) is 0. The Morgan fingerprint density at radius 1 is 1.00 bits per heavy atom. The van der Waals surface area contributed by atoms with Crippen LogP contribution in [0.2, 0.25) is 0 Å². The minimum atomic E-state index is -3.78. The van der Waals surface area contributed by atoms with Crippen molar-refractivity contribution in [3.63, 3.8) is 0 Å². The number of nitrogens with one attached hydrogen (secondary N) is 2. The molecule has 2 N–H and O–H groups in total. The van der Waals surface area contributed by atoms with Crippen molar-refractivity contribution in [2.45, 2.75) is 37.8 Å². The summed E-state index contributed by atoms with van der Waals surface area (Å²) < 4.78 is 28.0. The van der Waals surface area contributed by atoms with Crippen LogP contribution in [0.4, 0.5) is 0 Å². The second kappa shape index (κ2) is 7.66. The van der Waals surface area contributed by atoms with Crippen molar-refractivity contribution in [1.29, 1.82) is 0 Å². The minimum Gasteiger partial charge on any atom is -0.348 e. The maximum absolute atomic E-state index is 12.7. The first-order chi connectivity index (χ1) is 13.9. The van der Waals surface area contributed by atoms with Gasteiger partial charge in [-0.05, 0) is 50.6 Å². The zero-order valence-corrected chi connectivity index (χ0v) is 18.0. The quantitative estimate of drug-likeness (QED) is 0.705. The third-order valence-corrected chi connectivity index (χ3v) is 6.35. The number of nitrogens with zero attached hydrogens (tertiary/aromatic N) is 1. The van der Waals surface area contributed by atoms with Gasteiger partial charge in [-0.3, -0.25) is 19.3 Å². The standard InChI is InChI=1S/C21H23N3O5S/c1-21(2,3)23-30(28,29)17-8-6-5-7-14(17)12-22-18(25)13-9-10-15-16(11-13)20(27)24(4)19(15)26/h5-11,23H,12H2,1-4H3,(H,22,25). The van der Waals surface area contributed by atoms with Gasteiger partial charge >= 0.3 is 0 Å². The fraction of sp³-hybridized carbons (Fsp3) is 0.286. The molecule has 2 aromatic carbocycles. The molecular weight excluding hydrogens is 406 g/mol. The van der Waals surface area contributed by atoms with Gasteiger partial charge in [-0.15, -0.1) is 0 Å². The Kier molecular flexibility index (Phi) is 5.53. The molecule has 0 bridgehead atoms. The highest BCUT2D eigenvalue weighted by Crippen LogP contribution is 2.23. The summed E-state index contributed by atoms with van der Waals surface area (Å²) in [7, 11) is -2.40. The number of carbonyl (C=O) groups is 3. The lowest BCUT2D eigenvalue weighted by Gasteiger charge is -2.21. The molecule has 8 nitrogen and oxygen atoms in total. The maximum atomic E-state index is 12.7. The van der Waals surface area contributed by atoms with Crippen LogP contribution in [0, 0.1) is 0 Å². The lowest BCUT2D eigenvalue weighted by Crippen LogP contribution is -2.41. The van der Waals surface area contributed by atoms with E-state index in [1.54, 1.807) is 39.0 Å². The van der Waals surface area contributed by atoms with Crippen LogP contribution in [0.3, 0.4) is 0 Å². The van der Waals surface area contributed by atoms with Gasteiger partial charge in [-0.2, -0.15) is 0 Å². The molecule has 0 unspecified atom stereocenters. The first-order valence-corrected chi connectivity index (χ1v) is 10.8. The highest BCUT2D eigenvalue weighted by molar-refractivity contribution is 7.89. The number of benzene rings is 2. The highest BCUT2D eigenvalue weighted by atomic mass is 32.2. The summed E-state index contributed by atoms with van der Waals surface area (Å²) in [4.78, 5) is 37.8. The summed E-state index contributed by atoms with van der Waals surface area (Å²) in [6, 6.07) is 10.7. The Morgan fingerprint density at radius 3 is 2.30 bits per heavy atom. The Labute approximate surface area is 175 Å². The molecular formula is C21H23N3O5S. The molecule has 1 heterocycles. The number of carbonyl (C=O) groups excluding carboxylic acids is 3. The molecule has 0 atom stereocenters. The number of hydrogen-bond donors (Lipinski definition) is 2. The molecule has 0 aromatic heterocycles. The largest absolute Gasteiger partial charge is 0.348 e. The van der Waals surface area contributed by atoms with E-state index in [2.05, 4.69) is 10.0 Å². The summed E-state index contributed by atoms with van der Waals surface area (Å²) in [6.45, 7) is 5.20. The Balaban J connectivity index is 1.80. The first kappa shape index (κ1) is 21.7. The van der Waals surface area contributed by atoms with Gasteiger partial charge in [-0.1, -0.05) is 18.2 Å². The number of hydrogen-bond acceptors (Lipinski definition) is 5. The smallest absolute Gasteiger partial charge is 0.261 e. The van der Waals surface area contributed by atoms with Gasteiger partial charge < -0.3 is 5.32 Å². The summed E-state index contributed by atoms with van der Waals surface area (Å²) in [5.41, 5.74) is 0.404. The van der Waals surface area contributed by atoms with Crippen LogP contribution in [0.5, 0.6) is 0 Å². The molecule has 3 amide bonds. The molecule has 0 aliphatic carbocycles. The van der Waals surface area contributed by atoms with Crippen LogP contribution in [0.15, 0.2) is 47.4 Å². The van der Waals surface area contributed by atoms with E-state index in [4.69, 9.17) is 0 Å². The second-order valence-corrected chi connectivity index (χ2v) is 9.73. The number of imide groups is 1. The third kappa shape index (κ3) is 4.27. The molecule has 0 spiro atoms. The number of fused-ring (bicyclic) bond motifs is 1. The third-order valence-electron chi connectivity index (χ3n) is 4.49. The van der Waals surface area contributed by atoms with Crippen molar-refractivity contribution in [3.8, 4) is 0 Å². The van der Waals surface area contributed by atoms with Gasteiger partial charge in [0.2, 0.25) is 10.0 Å². The van der Waals surface area contributed by atoms with Crippen LogP contribution in [0.1, 0.15) is 57.4 Å². The summed E-state index contributed by atoms with van der Waals surface area (Å²) >= 11 is 0. The number of sulfonamides is 1. The SMILES string of the molecule is CN1C(=O)c2ccc(C(=O)NCc3ccccc3S(=O)(=O)NC(C)(C)C)cc2C1=O. The van der Waals surface area contributed by atoms with E-state index in [0.29, 0.717) is 5.56 Å². The molecule has 1 aliphatic heterocycles. The van der Waals surface area contributed by atoms with Gasteiger partial charge in [0.15, 0.2) is 0 Å². The summed E-state index contributed by atoms with van der Waals surface area (Å²) in [5, 5.41) is 2.68. The van der Waals surface area contributed by atoms with Crippen LogP contribution < -0.4 is 10.0 Å². The van der Waals surface area contributed by atoms with Crippen LogP contribution >= 0.6 is 0 Å². The van der Waals surface area contributed by atoms with Crippen molar-refractivity contribution in [2.75, 3.05) is 7.05 Å². The second-order valence-electron chi connectivity index (χ2n) is 8.08. The van der Waals surface area contributed by atoms with Gasteiger partial charge in [0.1, 0.15) is 0 Å². The van der Waals surface area contributed by atoms with E-state index >= 15 is 0 Å². The zero-order chi connectivity index (χ0) is 22.3.